The van der Waals surface area contributed by atoms with Crippen molar-refractivity contribution in [2.24, 2.45) is 5.73 Å². The molecular weight excluding hydrogens is 226 g/mol. The Morgan fingerprint density at radius 1 is 1.53 bits per heavy atom. The van der Waals surface area contributed by atoms with Crippen molar-refractivity contribution in [2.75, 3.05) is 6.61 Å². The molecular formula is C11H19NO5. The molecule has 2 aliphatic heterocycles. The lowest BCUT2D eigenvalue weighted by atomic mass is 9.99. The largest absolute Gasteiger partial charge is 0.461 e. The van der Waals surface area contributed by atoms with Crippen LogP contribution in [0.2, 0.25) is 0 Å². The standard InChI is InChI=1S/C11H19NO5/c1-11(2)16-7(5-13)10(17-11)9(12)6-3-4-8(14)15-6/h6-7,9-10,13H,3-5,12H2,1-2H3/t6-,7-,9-,10+/m0/s1. The maximum absolute atomic E-state index is 11.1. The first-order valence-corrected chi connectivity index (χ1v) is 5.84. The van der Waals surface area contributed by atoms with Gasteiger partial charge in [0.25, 0.3) is 0 Å². The van der Waals surface area contributed by atoms with Crippen LogP contribution in [0.25, 0.3) is 0 Å². The number of aliphatic hydroxyl groups is 1. The van der Waals surface area contributed by atoms with Crippen molar-refractivity contribution < 1.29 is 24.1 Å². The van der Waals surface area contributed by atoms with Crippen molar-refractivity contribution in [3.63, 3.8) is 0 Å². The number of hydrogen-bond donors (Lipinski definition) is 2. The van der Waals surface area contributed by atoms with Crippen LogP contribution in [-0.2, 0) is 19.0 Å². The number of carbonyl (C=O) groups is 1. The summed E-state index contributed by atoms with van der Waals surface area (Å²) in [6.07, 6.45) is -0.290. The van der Waals surface area contributed by atoms with E-state index in [1.54, 1.807) is 13.8 Å². The van der Waals surface area contributed by atoms with Gasteiger partial charge in [0.2, 0.25) is 0 Å². The molecule has 17 heavy (non-hydrogen) atoms. The minimum absolute atomic E-state index is 0.164. The van der Waals surface area contributed by atoms with Crippen molar-refractivity contribution in [2.45, 2.75) is 56.8 Å². The maximum atomic E-state index is 11.1. The van der Waals surface area contributed by atoms with E-state index in [-0.39, 0.29) is 18.7 Å². The minimum Gasteiger partial charge on any atom is -0.461 e. The van der Waals surface area contributed by atoms with E-state index in [1.165, 1.54) is 0 Å². The summed E-state index contributed by atoms with van der Waals surface area (Å²) in [4.78, 5) is 11.1. The molecule has 0 spiro atoms. The van der Waals surface area contributed by atoms with Crippen molar-refractivity contribution in [1.29, 1.82) is 0 Å². The van der Waals surface area contributed by atoms with Gasteiger partial charge in [-0.1, -0.05) is 0 Å². The Morgan fingerprint density at radius 3 is 2.76 bits per heavy atom. The molecule has 3 N–H and O–H groups in total. The van der Waals surface area contributed by atoms with Crippen LogP contribution < -0.4 is 5.73 Å². The van der Waals surface area contributed by atoms with E-state index >= 15 is 0 Å². The van der Waals surface area contributed by atoms with Crippen LogP contribution in [0.4, 0.5) is 0 Å². The predicted molar refractivity (Wildman–Crippen MR) is 58.0 cm³/mol. The van der Waals surface area contributed by atoms with Gasteiger partial charge in [-0.05, 0) is 20.3 Å². The van der Waals surface area contributed by atoms with Gasteiger partial charge in [-0.2, -0.15) is 0 Å². The van der Waals surface area contributed by atoms with Crippen LogP contribution in [0, 0.1) is 0 Å². The molecule has 4 atom stereocenters. The Morgan fingerprint density at radius 2 is 2.24 bits per heavy atom. The number of aliphatic hydroxyl groups excluding tert-OH is 1. The lowest BCUT2D eigenvalue weighted by Gasteiger charge is -2.26. The zero-order valence-corrected chi connectivity index (χ0v) is 10.1. The number of esters is 1. The topological polar surface area (TPSA) is 91.0 Å². The van der Waals surface area contributed by atoms with Gasteiger partial charge in [0.05, 0.1) is 12.6 Å². The molecule has 0 amide bonds. The Kier molecular flexibility index (Phi) is 3.40. The number of carbonyl (C=O) groups excluding carboxylic acids is 1. The first kappa shape index (κ1) is 12.8. The zero-order chi connectivity index (χ0) is 12.6. The Balaban J connectivity index is 2.03. The van der Waals surface area contributed by atoms with Crippen LogP contribution in [0.15, 0.2) is 0 Å². The van der Waals surface area contributed by atoms with Crippen LogP contribution in [0.5, 0.6) is 0 Å². The van der Waals surface area contributed by atoms with E-state index in [0.29, 0.717) is 12.8 Å². The number of rotatable bonds is 3. The molecule has 0 saturated carbocycles. The predicted octanol–water partition coefficient (Wildman–Crippen LogP) is -0.468. The highest BCUT2D eigenvalue weighted by molar-refractivity contribution is 5.71. The van der Waals surface area contributed by atoms with Gasteiger partial charge >= 0.3 is 5.97 Å². The van der Waals surface area contributed by atoms with Crippen molar-refractivity contribution >= 4 is 5.97 Å². The summed E-state index contributed by atoms with van der Waals surface area (Å²) in [7, 11) is 0. The first-order valence-electron chi connectivity index (χ1n) is 5.84. The number of hydrogen-bond acceptors (Lipinski definition) is 6. The second-order valence-electron chi connectivity index (χ2n) is 4.97. The van der Waals surface area contributed by atoms with E-state index in [2.05, 4.69) is 0 Å². The number of ether oxygens (including phenoxy) is 3. The molecule has 2 aliphatic rings. The zero-order valence-electron chi connectivity index (χ0n) is 10.1. The second kappa shape index (κ2) is 4.53. The number of cyclic esters (lactones) is 1. The van der Waals surface area contributed by atoms with Crippen molar-refractivity contribution in [3.05, 3.63) is 0 Å². The van der Waals surface area contributed by atoms with Crippen LogP contribution in [0.3, 0.4) is 0 Å². The molecule has 0 aromatic carbocycles. The summed E-state index contributed by atoms with van der Waals surface area (Å²) >= 11 is 0. The summed E-state index contributed by atoms with van der Waals surface area (Å²) < 4.78 is 16.3. The fourth-order valence-electron chi connectivity index (χ4n) is 2.36. The third-order valence-electron chi connectivity index (χ3n) is 3.13. The maximum Gasteiger partial charge on any atom is 0.306 e. The van der Waals surface area contributed by atoms with Gasteiger partial charge in [-0.25, -0.2) is 0 Å². The van der Waals surface area contributed by atoms with E-state index in [4.69, 9.17) is 19.9 Å². The Labute approximate surface area is 100 Å². The monoisotopic (exact) mass is 245 g/mol. The molecule has 0 aromatic rings. The van der Waals surface area contributed by atoms with E-state index in [9.17, 15) is 9.90 Å². The Hall–Kier alpha value is -0.690. The van der Waals surface area contributed by atoms with Gasteiger partial charge in [0, 0.05) is 6.42 Å². The molecule has 0 aliphatic carbocycles. The molecule has 2 saturated heterocycles. The summed E-state index contributed by atoms with van der Waals surface area (Å²) in [5.41, 5.74) is 6.04. The molecule has 0 radical (unpaired) electrons. The summed E-state index contributed by atoms with van der Waals surface area (Å²) in [5.74, 6) is -0.998. The third-order valence-corrected chi connectivity index (χ3v) is 3.13. The average Bonchev–Trinajstić information content (AvgIpc) is 2.80. The molecule has 98 valence electrons. The van der Waals surface area contributed by atoms with Gasteiger partial charge < -0.3 is 25.1 Å². The lowest BCUT2D eigenvalue weighted by Crippen LogP contribution is -2.50. The Bertz CT molecular complexity index is 306. The number of nitrogens with two attached hydrogens (primary N) is 1. The van der Waals surface area contributed by atoms with Crippen molar-refractivity contribution in [1.82, 2.24) is 0 Å². The quantitative estimate of drug-likeness (QED) is 0.653. The SMILES string of the molecule is CC1(C)O[C@@H]([C@@H](N)[C@@H]2CCC(=O)O2)[C@H](CO)O1. The molecule has 2 heterocycles. The smallest absolute Gasteiger partial charge is 0.306 e. The third kappa shape index (κ3) is 2.60. The highest BCUT2D eigenvalue weighted by Gasteiger charge is 2.47. The normalized spacial score (nSPS) is 38.1. The fraction of sp³-hybridized carbons (Fsp3) is 0.909. The van der Waals surface area contributed by atoms with Crippen LogP contribution in [-0.4, -0.2) is 47.8 Å². The van der Waals surface area contributed by atoms with Crippen molar-refractivity contribution in [3.8, 4) is 0 Å². The minimum atomic E-state index is -0.766. The van der Waals surface area contributed by atoms with E-state index in [0.717, 1.165) is 0 Å². The van der Waals surface area contributed by atoms with Crippen LogP contribution >= 0.6 is 0 Å². The first-order chi connectivity index (χ1) is 7.93. The molecule has 2 fully saturated rings. The highest BCUT2D eigenvalue weighted by atomic mass is 16.8. The van der Waals surface area contributed by atoms with Gasteiger partial charge in [0.1, 0.15) is 18.3 Å². The summed E-state index contributed by atoms with van der Waals surface area (Å²) in [6, 6.07) is -0.472. The van der Waals surface area contributed by atoms with Gasteiger partial charge in [0.15, 0.2) is 5.79 Å². The van der Waals surface area contributed by atoms with E-state index in [1.807, 2.05) is 0 Å². The molecule has 0 aromatic heterocycles. The summed E-state index contributed by atoms with van der Waals surface area (Å²) in [5, 5.41) is 9.24. The van der Waals surface area contributed by atoms with Gasteiger partial charge in [-0.15, -0.1) is 0 Å². The molecule has 6 heteroatoms. The average molecular weight is 245 g/mol. The highest BCUT2D eigenvalue weighted by Crippen LogP contribution is 2.32. The fourth-order valence-corrected chi connectivity index (χ4v) is 2.36. The lowest BCUT2D eigenvalue weighted by molar-refractivity contribution is -0.154. The molecule has 0 unspecified atom stereocenters. The molecule has 6 nitrogen and oxygen atoms in total. The summed E-state index contributed by atoms with van der Waals surface area (Å²) in [6.45, 7) is 3.37. The van der Waals surface area contributed by atoms with Crippen LogP contribution in [0.1, 0.15) is 26.7 Å². The molecule has 0 bridgehead atoms. The van der Waals surface area contributed by atoms with Gasteiger partial charge in [-0.3, -0.25) is 4.79 Å². The second-order valence-corrected chi connectivity index (χ2v) is 4.97. The molecule has 2 rings (SSSR count). The van der Waals surface area contributed by atoms with E-state index < -0.39 is 24.0 Å².